The molecule has 0 atom stereocenters. The van der Waals surface area contributed by atoms with Gasteiger partial charge in [-0.2, -0.15) is 8.78 Å². The molecule has 0 spiro atoms. The lowest BCUT2D eigenvalue weighted by atomic mass is 10.1. The first-order valence-corrected chi connectivity index (χ1v) is 8.99. The Bertz CT molecular complexity index is 888. The second-order valence-electron chi connectivity index (χ2n) is 6.30. The van der Waals surface area contributed by atoms with Gasteiger partial charge in [-0.15, -0.1) is 0 Å². The Kier molecular flexibility index (Phi) is 5.98. The van der Waals surface area contributed by atoms with Crippen LogP contribution in [-0.4, -0.2) is 26.1 Å². The van der Waals surface area contributed by atoms with Crippen LogP contribution in [0.2, 0.25) is 5.02 Å². The van der Waals surface area contributed by atoms with Crippen molar-refractivity contribution in [2.75, 3.05) is 30.4 Å². The molecule has 1 heterocycles. The van der Waals surface area contributed by atoms with Gasteiger partial charge in [0.1, 0.15) is 5.56 Å². The topological polar surface area (TPSA) is 41.6 Å². The summed E-state index contributed by atoms with van der Waals surface area (Å²) in [6, 6.07) is 4.67. The molecule has 1 fully saturated rings. The zero-order valence-electron chi connectivity index (χ0n) is 14.9. The van der Waals surface area contributed by atoms with E-state index in [2.05, 4.69) is 10.1 Å². The number of rotatable bonds is 4. The smallest absolute Gasteiger partial charge is 0.261 e. The Hall–Kier alpha value is -2.48. The van der Waals surface area contributed by atoms with Gasteiger partial charge in [0.25, 0.3) is 5.91 Å². The molecule has 2 aromatic rings. The fourth-order valence-corrected chi connectivity index (χ4v) is 3.52. The molecule has 1 aliphatic rings. The van der Waals surface area contributed by atoms with Crippen molar-refractivity contribution in [2.45, 2.75) is 19.3 Å². The molecule has 4 nitrogen and oxygen atoms in total. The van der Waals surface area contributed by atoms with Gasteiger partial charge in [-0.3, -0.25) is 4.79 Å². The van der Waals surface area contributed by atoms with E-state index in [4.69, 9.17) is 11.6 Å². The average molecular weight is 417 g/mol. The molecule has 1 aliphatic heterocycles. The summed E-state index contributed by atoms with van der Waals surface area (Å²) in [5.74, 6) is -9.81. The predicted molar refractivity (Wildman–Crippen MR) is 98.3 cm³/mol. The third-order valence-corrected chi connectivity index (χ3v) is 4.87. The molecule has 28 heavy (non-hydrogen) atoms. The van der Waals surface area contributed by atoms with Gasteiger partial charge >= 0.3 is 0 Å². The number of carbonyl (C=O) groups is 1. The number of hydrogen-bond donors (Lipinski definition) is 1. The van der Waals surface area contributed by atoms with Crippen LogP contribution in [0.5, 0.6) is 5.75 Å². The summed E-state index contributed by atoms with van der Waals surface area (Å²) in [5.41, 5.74) is -0.692. The van der Waals surface area contributed by atoms with Crippen molar-refractivity contribution in [3.8, 4) is 5.75 Å². The number of piperidine rings is 1. The summed E-state index contributed by atoms with van der Waals surface area (Å²) in [6.07, 6.45) is 2.91. The highest BCUT2D eigenvalue weighted by Crippen LogP contribution is 2.36. The van der Waals surface area contributed by atoms with Crippen molar-refractivity contribution in [3.05, 3.63) is 52.1 Å². The standard InChI is InChI=1S/C19H17ClF4N2O2/c1-28-18-15(23)13(21)12(14(22)16(18)24)19(27)25-11-7-5-6-10(20)17(11)26-8-3-2-4-9-26/h5-7H,2-4,8-9H2,1H3,(H,25,27). The number of hydrogen-bond acceptors (Lipinski definition) is 3. The number of carbonyl (C=O) groups excluding carboxylic acids is 1. The maximum Gasteiger partial charge on any atom is 0.261 e. The normalized spacial score (nSPS) is 14.1. The Morgan fingerprint density at radius 2 is 1.64 bits per heavy atom. The van der Waals surface area contributed by atoms with Gasteiger partial charge < -0.3 is 15.0 Å². The number of para-hydroxylation sites is 1. The molecule has 3 rings (SSSR count). The molecule has 2 aromatic carbocycles. The van der Waals surface area contributed by atoms with Gasteiger partial charge in [0.2, 0.25) is 11.6 Å². The third-order valence-electron chi connectivity index (χ3n) is 4.56. The van der Waals surface area contributed by atoms with Crippen LogP contribution < -0.4 is 15.0 Å². The number of amides is 1. The van der Waals surface area contributed by atoms with Gasteiger partial charge in [0, 0.05) is 13.1 Å². The van der Waals surface area contributed by atoms with Gasteiger partial charge in [-0.1, -0.05) is 17.7 Å². The predicted octanol–water partition coefficient (Wildman–Crippen LogP) is 5.15. The molecule has 150 valence electrons. The zero-order valence-corrected chi connectivity index (χ0v) is 15.7. The van der Waals surface area contributed by atoms with E-state index in [1.807, 2.05) is 4.90 Å². The molecule has 0 saturated carbocycles. The van der Waals surface area contributed by atoms with Crippen molar-refractivity contribution in [3.63, 3.8) is 0 Å². The summed E-state index contributed by atoms with van der Waals surface area (Å²) in [5, 5.41) is 2.66. The van der Waals surface area contributed by atoms with E-state index in [9.17, 15) is 22.4 Å². The summed E-state index contributed by atoms with van der Waals surface area (Å²) in [7, 11) is 0.858. The molecule has 9 heteroatoms. The van der Waals surface area contributed by atoms with Crippen LogP contribution in [0.15, 0.2) is 18.2 Å². The quantitative estimate of drug-likeness (QED) is 0.553. The van der Waals surface area contributed by atoms with Crippen LogP contribution in [0.3, 0.4) is 0 Å². The highest BCUT2D eigenvalue weighted by Gasteiger charge is 2.31. The number of anilines is 2. The monoisotopic (exact) mass is 416 g/mol. The van der Waals surface area contributed by atoms with E-state index in [0.29, 0.717) is 23.8 Å². The minimum absolute atomic E-state index is 0.190. The lowest BCUT2D eigenvalue weighted by Gasteiger charge is -2.31. The van der Waals surface area contributed by atoms with E-state index in [0.717, 1.165) is 26.4 Å². The number of benzene rings is 2. The fraction of sp³-hybridized carbons (Fsp3) is 0.316. The number of ether oxygens (including phenoxy) is 1. The van der Waals surface area contributed by atoms with E-state index in [1.165, 1.54) is 6.07 Å². The summed E-state index contributed by atoms with van der Waals surface area (Å²) in [6.45, 7) is 1.39. The van der Waals surface area contributed by atoms with Crippen LogP contribution in [0.4, 0.5) is 28.9 Å². The van der Waals surface area contributed by atoms with Crippen molar-refractivity contribution >= 4 is 28.9 Å². The maximum atomic E-state index is 14.2. The van der Waals surface area contributed by atoms with Crippen molar-refractivity contribution in [2.24, 2.45) is 0 Å². The van der Waals surface area contributed by atoms with Gasteiger partial charge in [-0.05, 0) is 31.4 Å². The lowest BCUT2D eigenvalue weighted by Crippen LogP contribution is -2.31. The Morgan fingerprint density at radius 1 is 1.04 bits per heavy atom. The highest BCUT2D eigenvalue weighted by molar-refractivity contribution is 6.34. The van der Waals surface area contributed by atoms with Gasteiger partial charge in [0.15, 0.2) is 17.4 Å². The van der Waals surface area contributed by atoms with E-state index >= 15 is 0 Å². The molecular formula is C19H17ClF4N2O2. The van der Waals surface area contributed by atoms with Gasteiger partial charge in [-0.25, -0.2) is 8.78 Å². The average Bonchev–Trinajstić information content (AvgIpc) is 2.68. The van der Waals surface area contributed by atoms with E-state index < -0.39 is 40.5 Å². The van der Waals surface area contributed by atoms with E-state index in [-0.39, 0.29) is 5.69 Å². The SMILES string of the molecule is COc1c(F)c(F)c(C(=O)Nc2cccc(Cl)c2N2CCCCC2)c(F)c1F. The Morgan fingerprint density at radius 3 is 2.21 bits per heavy atom. The molecule has 0 aromatic heterocycles. The number of halogens is 5. The minimum Gasteiger partial charge on any atom is -0.491 e. The Balaban J connectivity index is 2.00. The van der Waals surface area contributed by atoms with Crippen molar-refractivity contribution in [1.82, 2.24) is 0 Å². The van der Waals surface area contributed by atoms with Crippen LogP contribution in [0.25, 0.3) is 0 Å². The summed E-state index contributed by atoms with van der Waals surface area (Å²) in [4.78, 5) is 14.4. The first kappa shape index (κ1) is 20.3. The molecule has 0 aliphatic carbocycles. The molecular weight excluding hydrogens is 400 g/mol. The van der Waals surface area contributed by atoms with Crippen LogP contribution in [0.1, 0.15) is 29.6 Å². The second kappa shape index (κ2) is 8.26. The minimum atomic E-state index is -1.84. The van der Waals surface area contributed by atoms with Crippen molar-refractivity contribution < 1.29 is 27.1 Å². The largest absolute Gasteiger partial charge is 0.491 e. The number of methoxy groups -OCH3 is 1. The lowest BCUT2D eigenvalue weighted by molar-refractivity contribution is 0.101. The van der Waals surface area contributed by atoms with Crippen LogP contribution in [0, 0.1) is 23.3 Å². The first-order valence-electron chi connectivity index (χ1n) is 8.61. The van der Waals surface area contributed by atoms with Crippen LogP contribution in [-0.2, 0) is 0 Å². The van der Waals surface area contributed by atoms with E-state index in [1.54, 1.807) is 12.1 Å². The molecule has 0 bridgehead atoms. The molecule has 0 unspecified atom stereocenters. The zero-order chi connectivity index (χ0) is 20.4. The number of nitrogens with zero attached hydrogens (tertiary/aromatic N) is 1. The molecule has 1 N–H and O–H groups in total. The third kappa shape index (κ3) is 3.61. The van der Waals surface area contributed by atoms with Gasteiger partial charge in [0.05, 0.1) is 23.5 Å². The number of nitrogens with one attached hydrogen (secondary N) is 1. The Labute approximate surface area is 164 Å². The molecule has 1 saturated heterocycles. The molecule has 1 amide bonds. The maximum absolute atomic E-state index is 14.2. The first-order chi connectivity index (χ1) is 13.4. The summed E-state index contributed by atoms with van der Waals surface area (Å²) < 4.78 is 60.6. The molecule has 0 radical (unpaired) electrons. The van der Waals surface area contributed by atoms with Crippen molar-refractivity contribution in [1.29, 1.82) is 0 Å². The fourth-order valence-electron chi connectivity index (χ4n) is 3.23. The second-order valence-corrected chi connectivity index (χ2v) is 6.71. The van der Waals surface area contributed by atoms with Crippen LogP contribution >= 0.6 is 11.6 Å². The summed E-state index contributed by atoms with van der Waals surface area (Å²) >= 11 is 6.27. The highest BCUT2D eigenvalue weighted by atomic mass is 35.5.